The van der Waals surface area contributed by atoms with Crippen molar-refractivity contribution in [1.82, 2.24) is 9.55 Å². The van der Waals surface area contributed by atoms with Gasteiger partial charge in [-0.05, 0) is 38.2 Å². The van der Waals surface area contributed by atoms with Crippen LogP contribution >= 0.6 is 12.4 Å². The molecule has 88 valence electrons. The molecule has 0 spiro atoms. The second kappa shape index (κ2) is 4.65. The van der Waals surface area contributed by atoms with Crippen molar-refractivity contribution >= 4 is 18.4 Å². The number of primary amides is 1. The molecule has 3 N–H and O–H groups in total. The number of aromatic nitrogens is 2. The van der Waals surface area contributed by atoms with Crippen LogP contribution in [-0.4, -0.2) is 15.6 Å². The molecule has 0 atom stereocenters. The zero-order valence-corrected chi connectivity index (χ0v) is 9.93. The molecule has 5 nitrogen and oxygen atoms in total. The highest BCUT2D eigenvalue weighted by Crippen LogP contribution is 2.21. The maximum atomic E-state index is 11.2. The first-order valence-corrected chi connectivity index (χ1v) is 5.07. The SMILES string of the molecule is Cc1nc(=N)n(C(N)=O)c2c1CCCC2.Cl. The van der Waals surface area contributed by atoms with E-state index in [2.05, 4.69) is 4.98 Å². The van der Waals surface area contributed by atoms with E-state index in [1.165, 1.54) is 4.57 Å². The Morgan fingerprint density at radius 1 is 1.44 bits per heavy atom. The Labute approximate surface area is 99.6 Å². The molecule has 2 rings (SSSR count). The Kier molecular flexibility index (Phi) is 3.70. The number of rotatable bonds is 0. The van der Waals surface area contributed by atoms with Crippen LogP contribution in [0, 0.1) is 12.3 Å². The van der Waals surface area contributed by atoms with E-state index >= 15 is 0 Å². The maximum absolute atomic E-state index is 11.2. The number of carbonyl (C=O) groups excluding carboxylic acids is 1. The molecule has 0 bridgehead atoms. The van der Waals surface area contributed by atoms with Gasteiger partial charge in [0.1, 0.15) is 0 Å². The molecular formula is C10H15ClN4O. The predicted octanol–water partition coefficient (Wildman–Crippen LogP) is 0.898. The molecule has 0 aromatic carbocycles. The summed E-state index contributed by atoms with van der Waals surface area (Å²) in [5.74, 6) is 0. The molecule has 1 amide bonds. The lowest BCUT2D eigenvalue weighted by molar-refractivity contribution is 0.247. The Balaban J connectivity index is 0.00000128. The lowest BCUT2D eigenvalue weighted by atomic mass is 9.95. The second-order valence-corrected chi connectivity index (χ2v) is 3.83. The number of amides is 1. The highest BCUT2D eigenvalue weighted by molar-refractivity contribution is 5.85. The molecular weight excluding hydrogens is 228 g/mol. The monoisotopic (exact) mass is 242 g/mol. The van der Waals surface area contributed by atoms with Gasteiger partial charge in [0, 0.05) is 11.4 Å². The summed E-state index contributed by atoms with van der Waals surface area (Å²) < 4.78 is 1.22. The smallest absolute Gasteiger partial charge is 0.326 e. The van der Waals surface area contributed by atoms with Crippen molar-refractivity contribution in [3.05, 3.63) is 22.6 Å². The molecule has 0 unspecified atom stereocenters. The molecule has 1 aliphatic rings. The van der Waals surface area contributed by atoms with Crippen LogP contribution in [0.5, 0.6) is 0 Å². The Morgan fingerprint density at radius 2 is 2.06 bits per heavy atom. The molecule has 1 aromatic rings. The fourth-order valence-electron chi connectivity index (χ4n) is 2.17. The topological polar surface area (TPSA) is 84.8 Å². The number of aryl methyl sites for hydroxylation is 1. The zero-order chi connectivity index (χ0) is 11.0. The van der Waals surface area contributed by atoms with Crippen LogP contribution in [-0.2, 0) is 12.8 Å². The van der Waals surface area contributed by atoms with Crippen LogP contribution < -0.4 is 11.4 Å². The van der Waals surface area contributed by atoms with E-state index in [0.29, 0.717) is 0 Å². The third-order valence-electron chi connectivity index (χ3n) is 2.85. The summed E-state index contributed by atoms with van der Waals surface area (Å²) >= 11 is 0. The van der Waals surface area contributed by atoms with Crippen LogP contribution in [0.1, 0.15) is 29.8 Å². The van der Waals surface area contributed by atoms with Gasteiger partial charge in [0.2, 0.25) is 5.62 Å². The van der Waals surface area contributed by atoms with Gasteiger partial charge in [-0.15, -0.1) is 12.4 Å². The molecule has 0 aliphatic heterocycles. The van der Waals surface area contributed by atoms with E-state index in [1.807, 2.05) is 6.92 Å². The Hall–Kier alpha value is -1.36. The minimum atomic E-state index is -0.606. The van der Waals surface area contributed by atoms with Crippen LogP contribution in [0.4, 0.5) is 4.79 Å². The van der Waals surface area contributed by atoms with E-state index < -0.39 is 6.03 Å². The highest BCUT2D eigenvalue weighted by Gasteiger charge is 2.18. The van der Waals surface area contributed by atoms with Gasteiger partial charge in [-0.3, -0.25) is 5.41 Å². The number of halogens is 1. The first-order valence-electron chi connectivity index (χ1n) is 5.07. The molecule has 1 heterocycles. The van der Waals surface area contributed by atoms with Crippen molar-refractivity contribution in [3.8, 4) is 0 Å². The maximum Gasteiger partial charge on any atom is 0.326 e. The van der Waals surface area contributed by atoms with E-state index in [4.69, 9.17) is 11.1 Å². The van der Waals surface area contributed by atoms with Gasteiger partial charge >= 0.3 is 6.03 Å². The predicted molar refractivity (Wildman–Crippen MR) is 61.7 cm³/mol. The Bertz CT molecular complexity index is 480. The average Bonchev–Trinajstić information content (AvgIpc) is 2.17. The van der Waals surface area contributed by atoms with E-state index in [-0.39, 0.29) is 18.0 Å². The molecule has 6 heteroatoms. The summed E-state index contributed by atoms with van der Waals surface area (Å²) in [7, 11) is 0. The molecule has 1 aromatic heterocycles. The number of nitrogens with zero attached hydrogens (tertiary/aromatic N) is 2. The first-order chi connectivity index (χ1) is 7.11. The molecule has 0 fully saturated rings. The molecule has 0 radical (unpaired) electrons. The largest absolute Gasteiger partial charge is 0.351 e. The normalized spacial score (nSPS) is 13.8. The minimum absolute atomic E-state index is 0. The van der Waals surface area contributed by atoms with Gasteiger partial charge < -0.3 is 5.73 Å². The van der Waals surface area contributed by atoms with Gasteiger partial charge in [0.05, 0.1) is 0 Å². The highest BCUT2D eigenvalue weighted by atomic mass is 35.5. The van der Waals surface area contributed by atoms with Crippen molar-refractivity contribution < 1.29 is 4.79 Å². The van der Waals surface area contributed by atoms with Gasteiger partial charge in [-0.1, -0.05) is 0 Å². The summed E-state index contributed by atoms with van der Waals surface area (Å²) in [5.41, 5.74) is 8.03. The number of nitrogens with one attached hydrogen (secondary N) is 1. The van der Waals surface area contributed by atoms with Crippen molar-refractivity contribution in [2.45, 2.75) is 32.6 Å². The number of fused-ring (bicyclic) bond motifs is 1. The fraction of sp³-hybridized carbons (Fsp3) is 0.500. The zero-order valence-electron chi connectivity index (χ0n) is 9.12. The number of carbonyl (C=O) groups is 1. The average molecular weight is 243 g/mol. The minimum Gasteiger partial charge on any atom is -0.351 e. The summed E-state index contributed by atoms with van der Waals surface area (Å²) in [6.45, 7) is 1.88. The summed E-state index contributed by atoms with van der Waals surface area (Å²) in [6.07, 6.45) is 3.91. The number of hydrogen-bond acceptors (Lipinski definition) is 3. The fourth-order valence-corrected chi connectivity index (χ4v) is 2.17. The first kappa shape index (κ1) is 12.7. The molecule has 1 aliphatic carbocycles. The van der Waals surface area contributed by atoms with Gasteiger partial charge in [-0.25, -0.2) is 14.3 Å². The van der Waals surface area contributed by atoms with Crippen LogP contribution in [0.15, 0.2) is 0 Å². The van der Waals surface area contributed by atoms with Crippen molar-refractivity contribution in [1.29, 1.82) is 5.41 Å². The molecule has 16 heavy (non-hydrogen) atoms. The van der Waals surface area contributed by atoms with Gasteiger partial charge in [0.25, 0.3) is 0 Å². The van der Waals surface area contributed by atoms with Crippen molar-refractivity contribution in [3.63, 3.8) is 0 Å². The summed E-state index contributed by atoms with van der Waals surface area (Å²) in [4.78, 5) is 15.3. The number of nitrogens with two attached hydrogens (primary N) is 1. The summed E-state index contributed by atoms with van der Waals surface area (Å²) in [6, 6.07) is -0.606. The Morgan fingerprint density at radius 3 is 2.69 bits per heavy atom. The van der Waals surface area contributed by atoms with Crippen LogP contribution in [0.3, 0.4) is 0 Å². The summed E-state index contributed by atoms with van der Waals surface area (Å²) in [5, 5.41) is 7.63. The third-order valence-corrected chi connectivity index (χ3v) is 2.85. The van der Waals surface area contributed by atoms with Crippen LogP contribution in [0.2, 0.25) is 0 Å². The number of hydrogen-bond donors (Lipinski definition) is 2. The lowest BCUT2D eigenvalue weighted by Crippen LogP contribution is -2.38. The standard InChI is InChI=1S/C10H14N4O.ClH/c1-6-7-4-2-3-5-8(7)14(10(12)15)9(11)13-6;/h11H,2-5H2,1H3,(H2,12,15);1H. The quantitative estimate of drug-likeness (QED) is 0.708. The van der Waals surface area contributed by atoms with E-state index in [9.17, 15) is 4.79 Å². The molecule has 0 saturated carbocycles. The van der Waals surface area contributed by atoms with Crippen molar-refractivity contribution in [2.24, 2.45) is 5.73 Å². The van der Waals surface area contributed by atoms with Gasteiger partial charge in [-0.2, -0.15) is 0 Å². The van der Waals surface area contributed by atoms with Crippen molar-refractivity contribution in [2.75, 3.05) is 0 Å². The second-order valence-electron chi connectivity index (χ2n) is 3.83. The molecule has 0 saturated heterocycles. The van der Waals surface area contributed by atoms with E-state index in [1.54, 1.807) is 0 Å². The lowest BCUT2D eigenvalue weighted by Gasteiger charge is -2.20. The van der Waals surface area contributed by atoms with E-state index in [0.717, 1.165) is 42.6 Å². The van der Waals surface area contributed by atoms with Crippen LogP contribution in [0.25, 0.3) is 0 Å². The van der Waals surface area contributed by atoms with Gasteiger partial charge in [0.15, 0.2) is 0 Å². The third kappa shape index (κ3) is 1.95.